The Labute approximate surface area is 280 Å². The fraction of sp³-hybridized carbons (Fsp3) is 0.842. The summed E-state index contributed by atoms with van der Waals surface area (Å²) in [7, 11) is 0. The topological polar surface area (TPSA) is 125 Å². The number of aliphatic hydroxyl groups is 1. The third-order valence-corrected chi connectivity index (χ3v) is 14.4. The van der Waals surface area contributed by atoms with Gasteiger partial charge in [0.25, 0.3) is 0 Å². The molecule has 0 radical (unpaired) electrons. The van der Waals surface area contributed by atoms with Crippen LogP contribution >= 0.6 is 0 Å². The minimum Gasteiger partial charge on any atom is -0.465 e. The molecular formula is C38H58O9. The van der Waals surface area contributed by atoms with Crippen LogP contribution < -0.4 is 0 Å². The maximum Gasteiger partial charge on any atom is 0.303 e. The SMILES string of the molecule is CC(=O)OC[C@@]12[C@H](O)C[C@]3(C)C(=CC[C@@H]4[C@@]5(C)CC[C@H](OC(C)=O)C(C)(C)[C@@H]5CC[C@]43C)[C@@H]1CC(C)(C)[C@@H](OC(C)=O)[C@@H]2OC(C)=O. The summed E-state index contributed by atoms with van der Waals surface area (Å²) in [5, 5.41) is 12.6. The van der Waals surface area contributed by atoms with Crippen molar-refractivity contribution >= 4 is 23.9 Å². The summed E-state index contributed by atoms with van der Waals surface area (Å²) < 4.78 is 23.6. The fourth-order valence-corrected chi connectivity index (χ4v) is 12.2. The molecule has 5 aliphatic rings. The zero-order valence-corrected chi connectivity index (χ0v) is 30.5. The van der Waals surface area contributed by atoms with E-state index in [-0.39, 0.29) is 40.8 Å². The lowest BCUT2D eigenvalue weighted by Crippen LogP contribution is -2.72. The Morgan fingerprint density at radius 3 is 1.94 bits per heavy atom. The first-order chi connectivity index (χ1) is 21.6. The molecule has 264 valence electrons. The Bertz CT molecular complexity index is 1350. The van der Waals surface area contributed by atoms with Crippen molar-refractivity contribution in [1.29, 1.82) is 0 Å². The Hall–Kier alpha value is -2.42. The van der Waals surface area contributed by atoms with Gasteiger partial charge in [0.1, 0.15) is 18.8 Å². The predicted molar refractivity (Wildman–Crippen MR) is 174 cm³/mol. The van der Waals surface area contributed by atoms with Crippen LogP contribution in [0.25, 0.3) is 0 Å². The molecule has 0 unspecified atom stereocenters. The van der Waals surface area contributed by atoms with Crippen LogP contribution in [0.1, 0.15) is 121 Å². The van der Waals surface area contributed by atoms with Gasteiger partial charge in [0.15, 0.2) is 6.10 Å². The molecule has 0 aliphatic heterocycles. The van der Waals surface area contributed by atoms with E-state index in [4.69, 9.17) is 18.9 Å². The summed E-state index contributed by atoms with van der Waals surface area (Å²) in [5.74, 6) is -1.35. The van der Waals surface area contributed by atoms with Crippen molar-refractivity contribution in [3.63, 3.8) is 0 Å². The Morgan fingerprint density at radius 2 is 1.36 bits per heavy atom. The molecule has 0 heterocycles. The number of allylic oxidation sites excluding steroid dienone is 2. The van der Waals surface area contributed by atoms with Crippen molar-refractivity contribution in [2.75, 3.05) is 6.61 Å². The number of esters is 4. The van der Waals surface area contributed by atoms with Crippen molar-refractivity contribution < 1.29 is 43.2 Å². The molecule has 1 N–H and O–H groups in total. The van der Waals surface area contributed by atoms with E-state index in [1.165, 1.54) is 33.3 Å². The summed E-state index contributed by atoms with van der Waals surface area (Å²) in [6.07, 6.45) is 4.98. The highest BCUT2D eigenvalue weighted by Crippen LogP contribution is 2.76. The van der Waals surface area contributed by atoms with E-state index < -0.39 is 52.5 Å². The number of fused-ring (bicyclic) bond motifs is 7. The first kappa shape index (κ1) is 35.9. The van der Waals surface area contributed by atoms with Crippen LogP contribution in [0, 0.1) is 50.2 Å². The fourth-order valence-electron chi connectivity index (χ4n) is 12.2. The third-order valence-electron chi connectivity index (χ3n) is 14.4. The summed E-state index contributed by atoms with van der Waals surface area (Å²) in [5.41, 5.74) is -1.31. The molecule has 0 bridgehead atoms. The van der Waals surface area contributed by atoms with Crippen molar-refractivity contribution in [3.8, 4) is 0 Å². The van der Waals surface area contributed by atoms with Crippen LogP contribution in [0.2, 0.25) is 0 Å². The highest BCUT2D eigenvalue weighted by atomic mass is 16.6. The predicted octanol–water partition coefficient (Wildman–Crippen LogP) is 6.34. The van der Waals surface area contributed by atoms with Gasteiger partial charge in [-0.25, -0.2) is 0 Å². The van der Waals surface area contributed by atoms with Crippen LogP contribution in [0.15, 0.2) is 11.6 Å². The molecule has 0 aromatic heterocycles. The highest BCUT2D eigenvalue weighted by molar-refractivity contribution is 5.68. The first-order valence-electron chi connectivity index (χ1n) is 17.6. The monoisotopic (exact) mass is 658 g/mol. The second-order valence-corrected chi connectivity index (χ2v) is 17.7. The van der Waals surface area contributed by atoms with Crippen molar-refractivity contribution in [2.45, 2.75) is 146 Å². The van der Waals surface area contributed by atoms with E-state index in [1.807, 2.05) is 13.8 Å². The van der Waals surface area contributed by atoms with Gasteiger partial charge in [0.2, 0.25) is 0 Å². The van der Waals surface area contributed by atoms with Crippen LogP contribution in [-0.4, -0.2) is 60.0 Å². The van der Waals surface area contributed by atoms with Crippen LogP contribution in [0.3, 0.4) is 0 Å². The smallest absolute Gasteiger partial charge is 0.303 e. The lowest BCUT2D eigenvalue weighted by atomic mass is 9.33. The summed E-state index contributed by atoms with van der Waals surface area (Å²) in [4.78, 5) is 49.5. The first-order valence-corrected chi connectivity index (χ1v) is 17.6. The standard InChI is InChI=1S/C38H58O9/c1-21(39)44-20-38-26(18-33(5,6)31(46-23(3)41)32(38)47-24(4)42)25-12-13-28-35(9)16-15-30(45-22(2)40)34(7,8)27(35)14-17-36(28,10)37(25,11)19-29(38)43/h12,26-32,43H,13-20H2,1-11H3/t26-,27-,28+,29+,30-,31-,32-,35-,36+,37+,38-/m0/s1. The number of ether oxygens (including phenoxy) is 4. The zero-order chi connectivity index (χ0) is 35.1. The molecular weight excluding hydrogens is 600 g/mol. The Morgan fingerprint density at radius 1 is 0.766 bits per heavy atom. The highest BCUT2D eigenvalue weighted by Gasteiger charge is 2.74. The van der Waals surface area contributed by atoms with E-state index in [9.17, 15) is 24.3 Å². The van der Waals surface area contributed by atoms with Crippen LogP contribution in [-0.2, 0) is 38.1 Å². The molecule has 9 nitrogen and oxygen atoms in total. The molecule has 47 heavy (non-hydrogen) atoms. The molecule has 0 aromatic rings. The molecule has 0 aromatic carbocycles. The number of aliphatic hydroxyl groups excluding tert-OH is 1. The van der Waals surface area contributed by atoms with Gasteiger partial charge >= 0.3 is 23.9 Å². The minimum atomic E-state index is -1.20. The van der Waals surface area contributed by atoms with Crippen molar-refractivity contribution in [1.82, 2.24) is 0 Å². The van der Waals surface area contributed by atoms with Gasteiger partial charge < -0.3 is 24.1 Å². The number of hydrogen-bond acceptors (Lipinski definition) is 9. The van der Waals surface area contributed by atoms with E-state index >= 15 is 0 Å². The van der Waals surface area contributed by atoms with E-state index in [1.54, 1.807) is 0 Å². The van der Waals surface area contributed by atoms with Gasteiger partial charge in [-0.2, -0.15) is 0 Å². The second-order valence-electron chi connectivity index (χ2n) is 17.7. The van der Waals surface area contributed by atoms with Crippen LogP contribution in [0.4, 0.5) is 0 Å². The quantitative estimate of drug-likeness (QED) is 0.205. The molecule has 4 fully saturated rings. The van der Waals surface area contributed by atoms with E-state index in [2.05, 4.69) is 40.7 Å². The molecule has 0 saturated heterocycles. The van der Waals surface area contributed by atoms with E-state index in [0.29, 0.717) is 24.7 Å². The van der Waals surface area contributed by atoms with Gasteiger partial charge in [0, 0.05) is 38.5 Å². The minimum absolute atomic E-state index is 0.00194. The van der Waals surface area contributed by atoms with Gasteiger partial charge in [-0.05, 0) is 78.9 Å². The van der Waals surface area contributed by atoms with Crippen molar-refractivity contribution in [2.24, 2.45) is 50.2 Å². The molecule has 5 rings (SSSR count). The Kier molecular flexibility index (Phi) is 8.84. The molecule has 4 saturated carbocycles. The maximum atomic E-state index is 12.7. The van der Waals surface area contributed by atoms with Crippen LogP contribution in [0.5, 0.6) is 0 Å². The second kappa shape index (κ2) is 11.6. The number of rotatable bonds is 5. The zero-order valence-electron chi connectivity index (χ0n) is 30.5. The average molecular weight is 659 g/mol. The van der Waals surface area contributed by atoms with Gasteiger partial charge in [0.05, 0.1) is 11.5 Å². The summed E-state index contributed by atoms with van der Waals surface area (Å²) in [6.45, 7) is 21.1. The molecule has 0 amide bonds. The van der Waals surface area contributed by atoms with Gasteiger partial charge in [-0.3, -0.25) is 19.2 Å². The number of carbonyl (C=O) groups excluding carboxylic acids is 4. The lowest BCUT2D eigenvalue weighted by Gasteiger charge is -2.72. The maximum absolute atomic E-state index is 12.7. The Balaban J connectivity index is 1.64. The third kappa shape index (κ3) is 5.27. The average Bonchev–Trinajstić information content (AvgIpc) is 2.91. The van der Waals surface area contributed by atoms with E-state index in [0.717, 1.165) is 32.1 Å². The van der Waals surface area contributed by atoms with Crippen molar-refractivity contribution in [3.05, 3.63) is 11.6 Å². The summed E-state index contributed by atoms with van der Waals surface area (Å²) >= 11 is 0. The largest absolute Gasteiger partial charge is 0.465 e. The summed E-state index contributed by atoms with van der Waals surface area (Å²) in [6, 6.07) is 0. The molecule has 11 atom stereocenters. The normalized spacial score (nSPS) is 44.6. The van der Waals surface area contributed by atoms with Gasteiger partial charge in [-0.1, -0.05) is 60.1 Å². The number of carbonyl (C=O) groups is 4. The molecule has 5 aliphatic carbocycles. The lowest BCUT2D eigenvalue weighted by molar-refractivity contribution is -0.267. The molecule has 0 spiro atoms. The number of hydrogen-bond donors (Lipinski definition) is 1. The molecule has 9 heteroatoms. The van der Waals surface area contributed by atoms with Gasteiger partial charge in [-0.15, -0.1) is 0 Å².